The predicted molar refractivity (Wildman–Crippen MR) is 223 cm³/mol. The molecule has 4 saturated heterocycles. The molecule has 318 valence electrons. The molecule has 4 bridgehead atoms. The highest BCUT2D eigenvalue weighted by atomic mass is 16.6. The third kappa shape index (κ3) is 12.4. The molecule has 10 heteroatoms. The molecule has 4 fully saturated rings. The summed E-state index contributed by atoms with van der Waals surface area (Å²) in [6, 6.07) is 19.3. The second kappa shape index (κ2) is 22.0. The second-order valence-electron chi connectivity index (χ2n) is 17.5. The van der Waals surface area contributed by atoms with Gasteiger partial charge in [0.25, 0.3) is 0 Å². The van der Waals surface area contributed by atoms with Crippen LogP contribution in [0.3, 0.4) is 0 Å². The van der Waals surface area contributed by atoms with Gasteiger partial charge >= 0.3 is 23.9 Å². The Bertz CT molecular complexity index is 1590. The van der Waals surface area contributed by atoms with Crippen molar-refractivity contribution in [1.82, 2.24) is 9.80 Å². The van der Waals surface area contributed by atoms with Crippen LogP contribution in [0, 0.1) is 0 Å². The highest BCUT2D eigenvalue weighted by molar-refractivity contribution is 5.80. The van der Waals surface area contributed by atoms with E-state index in [1.807, 2.05) is 54.6 Å². The smallest absolute Gasteiger partial charge is 0.317 e. The topological polar surface area (TPSA) is 112 Å². The summed E-state index contributed by atoms with van der Waals surface area (Å²) < 4.78 is 23.5. The van der Waals surface area contributed by atoms with Crippen molar-refractivity contribution in [2.75, 3.05) is 27.3 Å². The molecule has 10 nitrogen and oxygen atoms in total. The number of esters is 4. The summed E-state index contributed by atoms with van der Waals surface area (Å²) in [5.41, 5.74) is 2.72. The van der Waals surface area contributed by atoms with Gasteiger partial charge in [0.05, 0.1) is 0 Å². The van der Waals surface area contributed by atoms with Gasteiger partial charge < -0.3 is 28.7 Å². The Kier molecular flexibility index (Phi) is 16.6. The largest absolute Gasteiger partial charge is 0.464 e. The van der Waals surface area contributed by atoms with Gasteiger partial charge in [-0.05, 0) is 108 Å². The molecule has 0 spiro atoms. The van der Waals surface area contributed by atoms with Crippen LogP contribution in [0.25, 0.3) is 0 Å². The first-order chi connectivity index (χ1) is 28.2. The average molecular weight is 801 g/mol. The molecule has 4 heterocycles. The van der Waals surface area contributed by atoms with E-state index in [-0.39, 0.29) is 55.7 Å². The summed E-state index contributed by atoms with van der Waals surface area (Å²) in [7, 11) is 4.34. The molecule has 8 atom stereocenters. The van der Waals surface area contributed by atoms with Crippen LogP contribution in [0.1, 0.15) is 151 Å². The lowest BCUT2D eigenvalue weighted by Gasteiger charge is -2.36. The minimum Gasteiger partial charge on any atom is -0.464 e. The Morgan fingerprint density at radius 2 is 1.00 bits per heavy atom. The van der Waals surface area contributed by atoms with Crippen LogP contribution >= 0.6 is 0 Å². The molecular weight excluding hydrogens is 733 g/mol. The van der Waals surface area contributed by atoms with E-state index < -0.39 is 11.8 Å². The maximum Gasteiger partial charge on any atom is 0.317 e. The number of benzene rings is 2. The van der Waals surface area contributed by atoms with E-state index in [4.69, 9.17) is 18.9 Å². The Morgan fingerprint density at radius 3 is 1.47 bits per heavy atom. The fraction of sp³-hybridized carbons (Fsp3) is 0.667. The first-order valence-electron chi connectivity index (χ1n) is 22.5. The quantitative estimate of drug-likeness (QED) is 0.0654. The number of piperidine rings is 2. The van der Waals surface area contributed by atoms with E-state index in [0.717, 1.165) is 113 Å². The van der Waals surface area contributed by atoms with Crippen molar-refractivity contribution in [3.05, 3.63) is 71.3 Å². The molecule has 0 radical (unpaired) electrons. The van der Waals surface area contributed by atoms with Crippen molar-refractivity contribution >= 4 is 23.9 Å². The van der Waals surface area contributed by atoms with E-state index in [1.54, 1.807) is 0 Å². The normalized spacial score (nSPS) is 25.2. The molecule has 2 aromatic carbocycles. The Hall–Kier alpha value is -3.76. The van der Waals surface area contributed by atoms with Crippen molar-refractivity contribution in [3.8, 4) is 0 Å². The molecule has 6 rings (SSSR count). The maximum atomic E-state index is 13.7. The van der Waals surface area contributed by atoms with Gasteiger partial charge in [0.2, 0.25) is 0 Å². The molecule has 0 aromatic heterocycles. The monoisotopic (exact) mass is 800 g/mol. The molecular formula is C48H68N2O8. The van der Waals surface area contributed by atoms with Crippen molar-refractivity contribution in [2.24, 2.45) is 0 Å². The first kappa shape index (κ1) is 43.8. The highest BCUT2D eigenvalue weighted by Crippen LogP contribution is 2.37. The number of aryl methyl sites for hydroxylation is 1. The SMILES string of the molecule is CCCCCCCC(=O)OCC(C(=O)OC1C[C@H]2CC[C@@H](C1)N2C)c1ccc(CCCCCC(=O)OCC(C(=O)OC2C[C@H]3CC[C@@H](C2)N3C)c2ccccc2)cc1. The zero-order chi connectivity index (χ0) is 40.9. The van der Waals surface area contributed by atoms with Crippen molar-refractivity contribution in [1.29, 1.82) is 0 Å². The number of fused-ring (bicyclic) bond motifs is 4. The van der Waals surface area contributed by atoms with Crippen LogP contribution in [-0.4, -0.2) is 97.4 Å². The summed E-state index contributed by atoms with van der Waals surface area (Å²) in [6.45, 7) is 2.12. The van der Waals surface area contributed by atoms with E-state index in [9.17, 15) is 19.2 Å². The number of nitrogens with zero attached hydrogens (tertiary/aromatic N) is 2. The summed E-state index contributed by atoms with van der Waals surface area (Å²) >= 11 is 0. The van der Waals surface area contributed by atoms with E-state index in [1.165, 1.54) is 6.42 Å². The van der Waals surface area contributed by atoms with Crippen LogP contribution in [0.5, 0.6) is 0 Å². The molecule has 4 unspecified atom stereocenters. The second-order valence-corrected chi connectivity index (χ2v) is 17.5. The summed E-state index contributed by atoms with van der Waals surface area (Å²) in [4.78, 5) is 57.4. The van der Waals surface area contributed by atoms with Gasteiger partial charge in [-0.15, -0.1) is 0 Å². The molecule has 0 aliphatic carbocycles. The van der Waals surface area contributed by atoms with Gasteiger partial charge in [-0.3, -0.25) is 19.2 Å². The summed E-state index contributed by atoms with van der Waals surface area (Å²) in [6.07, 6.45) is 16.9. The lowest BCUT2D eigenvalue weighted by Crippen LogP contribution is -2.44. The van der Waals surface area contributed by atoms with Crippen molar-refractivity contribution in [2.45, 2.75) is 177 Å². The minimum absolute atomic E-state index is 0.0198. The van der Waals surface area contributed by atoms with Gasteiger partial charge in [0, 0.05) is 37.0 Å². The molecule has 0 amide bonds. The van der Waals surface area contributed by atoms with Crippen LogP contribution in [-0.2, 0) is 44.5 Å². The van der Waals surface area contributed by atoms with Gasteiger partial charge in [-0.2, -0.15) is 0 Å². The number of carbonyl (C=O) groups is 4. The predicted octanol–water partition coefficient (Wildman–Crippen LogP) is 8.44. The van der Waals surface area contributed by atoms with Gasteiger partial charge in [-0.25, -0.2) is 0 Å². The van der Waals surface area contributed by atoms with Crippen LogP contribution in [0.4, 0.5) is 0 Å². The zero-order valence-corrected chi connectivity index (χ0v) is 35.3. The highest BCUT2D eigenvalue weighted by Gasteiger charge is 2.42. The van der Waals surface area contributed by atoms with Crippen molar-refractivity contribution < 1.29 is 38.1 Å². The fourth-order valence-electron chi connectivity index (χ4n) is 9.76. The number of ether oxygens (including phenoxy) is 4. The number of hydrogen-bond acceptors (Lipinski definition) is 10. The minimum atomic E-state index is -0.672. The van der Waals surface area contributed by atoms with E-state index in [2.05, 4.69) is 30.8 Å². The zero-order valence-electron chi connectivity index (χ0n) is 35.3. The Labute approximate surface area is 346 Å². The van der Waals surface area contributed by atoms with Crippen LogP contribution < -0.4 is 0 Å². The molecule has 0 saturated carbocycles. The van der Waals surface area contributed by atoms with Gasteiger partial charge in [0.15, 0.2) is 0 Å². The van der Waals surface area contributed by atoms with Crippen LogP contribution in [0.15, 0.2) is 54.6 Å². The number of hydrogen-bond donors (Lipinski definition) is 0. The van der Waals surface area contributed by atoms with Gasteiger partial charge in [-0.1, -0.05) is 93.6 Å². The maximum absolute atomic E-state index is 13.7. The van der Waals surface area contributed by atoms with Crippen molar-refractivity contribution in [3.63, 3.8) is 0 Å². The molecule has 2 aromatic rings. The third-order valence-electron chi connectivity index (χ3n) is 13.5. The molecule has 0 N–H and O–H groups in total. The molecule has 4 aliphatic rings. The number of carbonyl (C=O) groups excluding carboxylic acids is 4. The fourth-order valence-corrected chi connectivity index (χ4v) is 9.76. The van der Waals surface area contributed by atoms with Crippen LogP contribution in [0.2, 0.25) is 0 Å². The summed E-state index contributed by atoms with van der Waals surface area (Å²) in [5.74, 6) is -2.53. The number of unbranched alkanes of at least 4 members (excludes halogenated alkanes) is 6. The van der Waals surface area contributed by atoms with E-state index in [0.29, 0.717) is 37.0 Å². The molecule has 4 aliphatic heterocycles. The van der Waals surface area contributed by atoms with E-state index >= 15 is 0 Å². The summed E-state index contributed by atoms with van der Waals surface area (Å²) in [5, 5.41) is 0. The lowest BCUT2D eigenvalue weighted by atomic mass is 9.96. The number of rotatable bonds is 22. The average Bonchev–Trinajstić information content (AvgIpc) is 3.53. The lowest BCUT2D eigenvalue weighted by molar-refractivity contribution is -0.159. The standard InChI is InChI=1S/C48H68N2O8/c1-4-5-6-7-13-18-45(51)56-33-44(48(54)58-42-30-39-26-27-40(31-42)50(39)3)36-22-20-34(21-23-36)15-10-8-14-19-46(52)55-32-43(35-16-11-9-12-17-35)47(53)57-41-28-37-24-25-38(29-41)49(37)2/h9,11-12,16-17,20-23,37-44H,4-8,10,13-15,18-19,24-33H2,1-3H3/t37-,38+,39-,40+,41?,42?,43?,44?. The van der Waals surface area contributed by atoms with Gasteiger partial charge in [0.1, 0.15) is 37.3 Å². The Balaban J connectivity index is 0.938. The third-order valence-corrected chi connectivity index (χ3v) is 13.5. The first-order valence-corrected chi connectivity index (χ1v) is 22.5. The Morgan fingerprint density at radius 1 is 0.569 bits per heavy atom. The molecule has 58 heavy (non-hydrogen) atoms.